The Balaban J connectivity index is 1.12. The van der Waals surface area contributed by atoms with Crippen molar-refractivity contribution in [1.82, 2.24) is 10.4 Å². The lowest BCUT2D eigenvalue weighted by Crippen LogP contribution is -2.50. The lowest BCUT2D eigenvalue weighted by atomic mass is 9.47. The molecule has 304 valence electrons. The summed E-state index contributed by atoms with van der Waals surface area (Å²) in [6, 6.07) is 0. The Morgan fingerprint density at radius 2 is 1.79 bits per heavy atom. The molecule has 4 aliphatic carbocycles. The number of guanidine groups is 1. The first-order chi connectivity index (χ1) is 25.3. The largest absolute Gasteiger partial charge is 0.446 e. The molecular weight excluding hydrogens is 728 g/mol. The first kappa shape index (κ1) is 44.5. The van der Waals surface area contributed by atoms with Crippen molar-refractivity contribution >= 4 is 47.1 Å². The molecule has 4 rings (SSSR count). The molecule has 4 aliphatic rings. The monoisotopic (exact) mass is 798 g/mol. The van der Waals surface area contributed by atoms with Gasteiger partial charge in [-0.1, -0.05) is 80.2 Å². The number of hydrogen-bond donors (Lipinski definition) is 5. The van der Waals surface area contributed by atoms with Crippen LogP contribution in [0.25, 0.3) is 0 Å². The van der Waals surface area contributed by atoms with Crippen molar-refractivity contribution in [3.63, 3.8) is 0 Å². The Bertz CT molecular complexity index is 1300. The van der Waals surface area contributed by atoms with Crippen LogP contribution in [-0.4, -0.2) is 68.2 Å². The highest BCUT2D eigenvalue weighted by Gasteiger charge is 2.58. The van der Waals surface area contributed by atoms with E-state index in [4.69, 9.17) is 30.7 Å². The number of unbranched alkanes of at least 4 members (excludes halogenated alkanes) is 1. The van der Waals surface area contributed by atoms with E-state index in [1.165, 1.54) is 57.8 Å². The molecule has 0 spiro atoms. The van der Waals surface area contributed by atoms with Gasteiger partial charge >= 0.3 is 13.8 Å². The maximum Gasteiger partial charge on any atom is 0.407 e. The summed E-state index contributed by atoms with van der Waals surface area (Å²) in [4.78, 5) is 16.6. The minimum atomic E-state index is -3.54. The van der Waals surface area contributed by atoms with Crippen LogP contribution in [0.5, 0.6) is 0 Å². The number of ether oxygens (including phenoxy) is 1. The van der Waals surface area contributed by atoms with E-state index in [1.54, 1.807) is 34.1 Å². The van der Waals surface area contributed by atoms with E-state index in [9.17, 15) is 9.36 Å². The number of allylic oxidation sites excluding steroid dienone is 1. The molecule has 0 heterocycles. The third kappa shape index (κ3) is 13.2. The van der Waals surface area contributed by atoms with Gasteiger partial charge in [0.2, 0.25) is 0 Å². The molecule has 0 radical (unpaired) electrons. The van der Waals surface area contributed by atoms with Gasteiger partial charge in [0.1, 0.15) is 6.10 Å². The lowest BCUT2D eigenvalue weighted by molar-refractivity contribution is -0.0519. The van der Waals surface area contributed by atoms with Gasteiger partial charge in [0.25, 0.3) is 0 Å². The van der Waals surface area contributed by atoms with Gasteiger partial charge in [0.05, 0.1) is 19.8 Å². The maximum atomic E-state index is 13.1. The maximum absolute atomic E-state index is 13.1. The van der Waals surface area contributed by atoms with Gasteiger partial charge in [-0.2, -0.15) is 0 Å². The van der Waals surface area contributed by atoms with Crippen LogP contribution in [0.3, 0.4) is 0 Å². The van der Waals surface area contributed by atoms with Crippen molar-refractivity contribution in [2.45, 2.75) is 131 Å². The second kappa shape index (κ2) is 21.3. The average molecular weight is 799 g/mol. The molecule has 11 nitrogen and oxygen atoms in total. The molecule has 3 fully saturated rings. The van der Waals surface area contributed by atoms with E-state index in [0.29, 0.717) is 42.8 Å². The molecule has 0 aromatic heterocycles. The minimum Gasteiger partial charge on any atom is -0.446 e. The van der Waals surface area contributed by atoms with Crippen LogP contribution in [0.1, 0.15) is 125 Å². The SMILES string of the molecule is CC(=N)CCCOP(=O)(NCCSSCCNC(=O)OC1CCC2(C)C(=CCC3C2CCC2(C)C(CCCCC(C)C)CCC32)C1)OCCN=C(N)N. The third-order valence-electron chi connectivity index (χ3n) is 12.7. The normalized spacial score (nSPS) is 30.4. The number of aliphatic imine (C=N–C) groups is 1. The number of nitrogens with zero attached hydrogens (tertiary/aromatic N) is 1. The highest BCUT2D eigenvalue weighted by Crippen LogP contribution is 2.67. The number of nitrogens with one attached hydrogen (secondary N) is 3. The standard InChI is InChI=1S/C39H71N6O5PS2/c1-28(2)9-6-7-11-30-13-15-34-33-14-12-31-27-32(16-18-39(31,5)35(33)17-19-38(30,34)4)50-37(46)44-21-25-52-53-26-22-45-51(47,48-23-8-10-29(3)40)49-24-20-43-36(41)42/h12,28,30,32-35,40H,6-11,13-27H2,1-5H3,(H,44,46)(H,45,47)(H4,41,42,43). The molecule has 8 atom stereocenters. The Kier molecular flexibility index (Phi) is 17.9. The van der Waals surface area contributed by atoms with Crippen LogP contribution in [0.2, 0.25) is 0 Å². The lowest BCUT2D eigenvalue weighted by Gasteiger charge is -2.58. The van der Waals surface area contributed by atoms with Crippen LogP contribution in [0.4, 0.5) is 4.79 Å². The highest BCUT2D eigenvalue weighted by molar-refractivity contribution is 8.76. The number of rotatable bonds is 23. The molecule has 0 saturated heterocycles. The average Bonchev–Trinajstić information content (AvgIpc) is 3.44. The van der Waals surface area contributed by atoms with Gasteiger partial charge in [-0.05, 0) is 112 Å². The predicted octanol–water partition coefficient (Wildman–Crippen LogP) is 9.08. The molecule has 3 saturated carbocycles. The summed E-state index contributed by atoms with van der Waals surface area (Å²) < 4.78 is 30.2. The Labute approximate surface area is 328 Å². The summed E-state index contributed by atoms with van der Waals surface area (Å²) in [5.74, 6) is 5.51. The Morgan fingerprint density at radius 3 is 2.53 bits per heavy atom. The molecule has 7 N–H and O–H groups in total. The summed E-state index contributed by atoms with van der Waals surface area (Å²) in [6.45, 7) is 13.0. The van der Waals surface area contributed by atoms with Gasteiger partial charge in [-0.3, -0.25) is 14.0 Å². The number of fused-ring (bicyclic) bond motifs is 5. The quantitative estimate of drug-likeness (QED) is 0.0168. The van der Waals surface area contributed by atoms with Crippen molar-refractivity contribution in [3.05, 3.63) is 11.6 Å². The Hall–Kier alpha value is -1.24. The van der Waals surface area contributed by atoms with Crippen LogP contribution in [0, 0.1) is 45.8 Å². The van der Waals surface area contributed by atoms with Crippen molar-refractivity contribution in [1.29, 1.82) is 5.41 Å². The topological polar surface area (TPSA) is 174 Å². The fourth-order valence-electron chi connectivity index (χ4n) is 9.97. The number of carbonyl (C=O) groups excluding carboxylic acids is 1. The minimum absolute atomic E-state index is 0.0490. The highest BCUT2D eigenvalue weighted by atomic mass is 33.1. The zero-order valence-corrected chi connectivity index (χ0v) is 35.8. The third-order valence-corrected chi connectivity index (χ3v) is 16.8. The van der Waals surface area contributed by atoms with Gasteiger partial charge in [0, 0.05) is 36.7 Å². The fourth-order valence-corrected chi connectivity index (χ4v) is 13.3. The first-order valence-electron chi connectivity index (χ1n) is 20.4. The smallest absolute Gasteiger partial charge is 0.407 e. The van der Waals surface area contributed by atoms with Crippen molar-refractivity contribution in [3.8, 4) is 0 Å². The summed E-state index contributed by atoms with van der Waals surface area (Å²) in [5, 5.41) is 13.4. The van der Waals surface area contributed by atoms with E-state index >= 15 is 0 Å². The van der Waals surface area contributed by atoms with Gasteiger partial charge in [-0.15, -0.1) is 0 Å². The number of hydrogen-bond acceptors (Lipinski definition) is 9. The first-order valence-corrected chi connectivity index (χ1v) is 24.4. The summed E-state index contributed by atoms with van der Waals surface area (Å²) in [6.07, 6.45) is 18.7. The van der Waals surface area contributed by atoms with Crippen LogP contribution >= 0.6 is 29.3 Å². The molecule has 0 aromatic rings. The van der Waals surface area contributed by atoms with E-state index in [2.05, 4.69) is 49.2 Å². The van der Waals surface area contributed by atoms with Gasteiger partial charge < -0.3 is 26.9 Å². The Morgan fingerprint density at radius 1 is 1.04 bits per heavy atom. The molecule has 14 heteroatoms. The summed E-state index contributed by atoms with van der Waals surface area (Å²) in [5.41, 5.74) is 13.6. The van der Waals surface area contributed by atoms with E-state index in [0.717, 1.165) is 54.6 Å². The second-order valence-electron chi connectivity index (χ2n) is 16.9. The number of alkyl carbamates (subject to hydrolysis) is 1. The van der Waals surface area contributed by atoms with Gasteiger partial charge in [-0.25, -0.2) is 14.4 Å². The van der Waals surface area contributed by atoms with Crippen molar-refractivity contribution in [2.24, 2.45) is 56.9 Å². The number of carbonyl (C=O) groups is 1. The zero-order valence-electron chi connectivity index (χ0n) is 33.3. The molecule has 0 bridgehead atoms. The van der Waals surface area contributed by atoms with E-state index in [-0.39, 0.29) is 43.3 Å². The van der Waals surface area contributed by atoms with Crippen molar-refractivity contribution < 1.29 is 23.1 Å². The van der Waals surface area contributed by atoms with Crippen LogP contribution in [-0.2, 0) is 18.3 Å². The van der Waals surface area contributed by atoms with E-state index in [1.807, 2.05) is 0 Å². The number of amides is 1. The summed E-state index contributed by atoms with van der Waals surface area (Å²) in [7, 11) is -0.289. The zero-order chi connectivity index (χ0) is 38.5. The molecular formula is C39H71N6O5PS2. The molecule has 0 aliphatic heterocycles. The molecule has 53 heavy (non-hydrogen) atoms. The number of nitrogens with two attached hydrogens (primary N) is 2. The van der Waals surface area contributed by atoms with E-state index < -0.39 is 7.75 Å². The van der Waals surface area contributed by atoms with Gasteiger partial charge in [0.15, 0.2) is 5.96 Å². The molecule has 0 aromatic carbocycles. The fraction of sp³-hybridized carbons (Fsp3) is 0.872. The summed E-state index contributed by atoms with van der Waals surface area (Å²) >= 11 is 0. The van der Waals surface area contributed by atoms with Crippen LogP contribution < -0.4 is 21.9 Å². The molecule has 8 unspecified atom stereocenters. The van der Waals surface area contributed by atoms with Crippen molar-refractivity contribution in [2.75, 3.05) is 44.4 Å². The molecule has 1 amide bonds. The van der Waals surface area contributed by atoms with Crippen LogP contribution in [0.15, 0.2) is 16.6 Å². The second-order valence-corrected chi connectivity index (χ2v) is 21.4. The predicted molar refractivity (Wildman–Crippen MR) is 223 cm³/mol.